The second-order valence-corrected chi connectivity index (χ2v) is 12.5. The van der Waals surface area contributed by atoms with E-state index in [2.05, 4.69) is 191 Å². The van der Waals surface area contributed by atoms with Crippen molar-refractivity contribution < 1.29 is 0 Å². The van der Waals surface area contributed by atoms with Crippen LogP contribution in [0, 0.1) is 0 Å². The van der Waals surface area contributed by atoms with Gasteiger partial charge in [-0.2, -0.15) is 0 Å². The van der Waals surface area contributed by atoms with Gasteiger partial charge in [-0.1, -0.05) is 133 Å². The van der Waals surface area contributed by atoms with E-state index in [1.165, 1.54) is 76.6 Å². The van der Waals surface area contributed by atoms with Crippen molar-refractivity contribution in [2.75, 3.05) is 0 Å². The molecule has 2 aromatic heterocycles. The number of benzene rings is 8. The first-order chi connectivity index (χ1) is 23.8. The van der Waals surface area contributed by atoms with Gasteiger partial charge in [-0.25, -0.2) is 0 Å². The molecule has 48 heavy (non-hydrogen) atoms. The first-order valence-corrected chi connectivity index (χ1v) is 16.5. The Labute approximate surface area is 278 Å². The molecular formula is C46H30N2. The number of hydrogen-bond acceptors (Lipinski definition) is 0. The number of rotatable bonds is 4. The zero-order valence-electron chi connectivity index (χ0n) is 26.2. The third-order valence-electron chi connectivity index (χ3n) is 9.93. The van der Waals surface area contributed by atoms with Gasteiger partial charge in [-0.05, 0) is 81.6 Å². The standard InChI is InChI=1S/C46H30N2/c1-2-11-31(12-3-1)32-21-25-35(26-22-32)47-41-19-8-6-16-39(41)45-43(47)29-30-44-46(45)40-17-7-9-20-42(40)48(44)36-27-23-34(24-28-36)38-18-10-14-33-13-4-5-15-37(33)38/h1-30H. The minimum Gasteiger partial charge on any atom is -0.309 e. The normalized spacial score (nSPS) is 11.8. The topological polar surface area (TPSA) is 9.86 Å². The van der Waals surface area contributed by atoms with Crippen LogP contribution in [0.5, 0.6) is 0 Å². The van der Waals surface area contributed by atoms with Crippen LogP contribution in [0.25, 0.3) is 88.0 Å². The molecule has 224 valence electrons. The third-order valence-corrected chi connectivity index (χ3v) is 9.93. The number of aromatic nitrogens is 2. The van der Waals surface area contributed by atoms with E-state index in [0.29, 0.717) is 0 Å². The fraction of sp³-hybridized carbons (Fsp3) is 0. The molecule has 0 bridgehead atoms. The largest absolute Gasteiger partial charge is 0.309 e. The maximum atomic E-state index is 2.43. The molecule has 0 aliphatic heterocycles. The molecule has 0 saturated carbocycles. The highest BCUT2D eigenvalue weighted by molar-refractivity contribution is 6.28. The van der Waals surface area contributed by atoms with E-state index in [4.69, 9.17) is 0 Å². The first kappa shape index (κ1) is 26.8. The summed E-state index contributed by atoms with van der Waals surface area (Å²) in [4.78, 5) is 0. The first-order valence-electron chi connectivity index (χ1n) is 16.5. The van der Waals surface area contributed by atoms with Gasteiger partial charge in [-0.3, -0.25) is 0 Å². The Morgan fingerprint density at radius 2 is 0.729 bits per heavy atom. The van der Waals surface area contributed by atoms with Crippen LogP contribution in [0.1, 0.15) is 0 Å². The molecule has 0 fully saturated rings. The number of hydrogen-bond donors (Lipinski definition) is 0. The van der Waals surface area contributed by atoms with E-state index < -0.39 is 0 Å². The predicted octanol–water partition coefficient (Wildman–Crippen LogP) is 12.4. The minimum atomic E-state index is 1.16. The molecule has 0 radical (unpaired) electrons. The molecule has 0 saturated heterocycles. The van der Waals surface area contributed by atoms with Crippen LogP contribution in [-0.2, 0) is 0 Å². The Morgan fingerprint density at radius 1 is 0.271 bits per heavy atom. The van der Waals surface area contributed by atoms with E-state index >= 15 is 0 Å². The molecule has 0 aliphatic carbocycles. The summed E-state index contributed by atoms with van der Waals surface area (Å²) in [6.07, 6.45) is 0. The number of para-hydroxylation sites is 2. The lowest BCUT2D eigenvalue weighted by molar-refractivity contribution is 1.17. The van der Waals surface area contributed by atoms with Gasteiger partial charge >= 0.3 is 0 Å². The number of nitrogens with zero attached hydrogens (tertiary/aromatic N) is 2. The van der Waals surface area contributed by atoms with Crippen LogP contribution in [0.3, 0.4) is 0 Å². The zero-order valence-corrected chi connectivity index (χ0v) is 26.2. The van der Waals surface area contributed by atoms with Crippen molar-refractivity contribution in [3.05, 3.63) is 182 Å². The van der Waals surface area contributed by atoms with Crippen LogP contribution in [-0.4, -0.2) is 9.13 Å². The molecule has 0 amide bonds. The van der Waals surface area contributed by atoms with Crippen molar-refractivity contribution in [1.29, 1.82) is 0 Å². The summed E-state index contributed by atoms with van der Waals surface area (Å²) in [5.41, 5.74) is 12.1. The molecule has 0 N–H and O–H groups in total. The third kappa shape index (κ3) is 4.00. The lowest BCUT2D eigenvalue weighted by Crippen LogP contribution is -1.95. The maximum Gasteiger partial charge on any atom is 0.0548 e. The zero-order chi connectivity index (χ0) is 31.6. The Hall–Kier alpha value is -6.38. The number of fused-ring (bicyclic) bond motifs is 8. The van der Waals surface area contributed by atoms with Gasteiger partial charge in [-0.15, -0.1) is 0 Å². The van der Waals surface area contributed by atoms with E-state index in [1.807, 2.05) is 0 Å². The smallest absolute Gasteiger partial charge is 0.0548 e. The van der Waals surface area contributed by atoms with E-state index in [-0.39, 0.29) is 0 Å². The summed E-state index contributed by atoms with van der Waals surface area (Å²) in [5, 5.41) is 7.64. The average Bonchev–Trinajstić information content (AvgIpc) is 3.68. The van der Waals surface area contributed by atoms with E-state index in [9.17, 15) is 0 Å². The molecule has 2 nitrogen and oxygen atoms in total. The van der Waals surface area contributed by atoms with Crippen molar-refractivity contribution in [3.63, 3.8) is 0 Å². The quantitative estimate of drug-likeness (QED) is 0.188. The Morgan fingerprint density at radius 3 is 1.33 bits per heavy atom. The highest BCUT2D eigenvalue weighted by Crippen LogP contribution is 2.42. The van der Waals surface area contributed by atoms with Crippen LogP contribution in [0.2, 0.25) is 0 Å². The second-order valence-electron chi connectivity index (χ2n) is 12.5. The monoisotopic (exact) mass is 610 g/mol. The van der Waals surface area contributed by atoms with Crippen molar-refractivity contribution in [3.8, 4) is 33.6 Å². The molecule has 0 unspecified atom stereocenters. The fourth-order valence-corrected chi connectivity index (χ4v) is 7.78. The van der Waals surface area contributed by atoms with Gasteiger partial charge in [0.1, 0.15) is 0 Å². The summed E-state index contributed by atoms with van der Waals surface area (Å²) >= 11 is 0. The van der Waals surface area contributed by atoms with Crippen LogP contribution in [0.15, 0.2) is 182 Å². The van der Waals surface area contributed by atoms with Gasteiger partial charge in [0.05, 0.1) is 22.1 Å². The Balaban J connectivity index is 1.18. The summed E-state index contributed by atoms with van der Waals surface area (Å²) in [6.45, 7) is 0. The van der Waals surface area contributed by atoms with E-state index in [0.717, 1.165) is 11.4 Å². The molecule has 2 heteroatoms. The molecular weight excluding hydrogens is 581 g/mol. The average molecular weight is 611 g/mol. The summed E-state index contributed by atoms with van der Waals surface area (Å²) in [5.74, 6) is 0. The second kappa shape index (κ2) is 10.6. The van der Waals surface area contributed by atoms with Crippen LogP contribution in [0.4, 0.5) is 0 Å². The SMILES string of the molecule is c1ccc(-c2ccc(-n3c4ccccc4c4c5c6ccccc6n(-c6ccc(-c7cccc8ccccc78)cc6)c5ccc43)cc2)cc1. The molecule has 10 aromatic rings. The van der Waals surface area contributed by atoms with Crippen molar-refractivity contribution in [2.24, 2.45) is 0 Å². The highest BCUT2D eigenvalue weighted by atomic mass is 15.0. The lowest BCUT2D eigenvalue weighted by Gasteiger charge is -2.11. The molecule has 0 aliphatic rings. The van der Waals surface area contributed by atoms with Crippen molar-refractivity contribution in [2.45, 2.75) is 0 Å². The van der Waals surface area contributed by atoms with Crippen LogP contribution < -0.4 is 0 Å². The predicted molar refractivity (Wildman–Crippen MR) is 203 cm³/mol. The summed E-state index contributed by atoms with van der Waals surface area (Å²) in [6, 6.07) is 66.1. The summed E-state index contributed by atoms with van der Waals surface area (Å²) in [7, 11) is 0. The van der Waals surface area contributed by atoms with Crippen molar-refractivity contribution in [1.82, 2.24) is 9.13 Å². The minimum absolute atomic E-state index is 1.16. The molecule has 10 rings (SSSR count). The fourth-order valence-electron chi connectivity index (χ4n) is 7.78. The Kier molecular flexibility index (Phi) is 5.91. The highest BCUT2D eigenvalue weighted by Gasteiger charge is 2.20. The van der Waals surface area contributed by atoms with Gasteiger partial charge < -0.3 is 9.13 Å². The molecule has 8 aromatic carbocycles. The van der Waals surface area contributed by atoms with Crippen LogP contribution >= 0.6 is 0 Å². The van der Waals surface area contributed by atoms with Gasteiger partial charge in [0, 0.05) is 32.9 Å². The lowest BCUT2D eigenvalue weighted by atomic mass is 9.98. The summed E-state index contributed by atoms with van der Waals surface area (Å²) < 4.78 is 4.85. The van der Waals surface area contributed by atoms with E-state index in [1.54, 1.807) is 0 Å². The molecule has 2 heterocycles. The van der Waals surface area contributed by atoms with Gasteiger partial charge in [0.15, 0.2) is 0 Å². The van der Waals surface area contributed by atoms with Gasteiger partial charge in [0.2, 0.25) is 0 Å². The van der Waals surface area contributed by atoms with Gasteiger partial charge in [0.25, 0.3) is 0 Å². The maximum absolute atomic E-state index is 2.43. The van der Waals surface area contributed by atoms with Crippen molar-refractivity contribution >= 4 is 54.4 Å². The molecule has 0 atom stereocenters. The Bertz CT molecular complexity index is 2790. The molecule has 0 spiro atoms.